The van der Waals surface area contributed by atoms with Crippen molar-refractivity contribution in [3.05, 3.63) is 0 Å². The van der Waals surface area contributed by atoms with Crippen LogP contribution in [0.5, 0.6) is 0 Å². The van der Waals surface area contributed by atoms with Crippen LogP contribution < -0.4 is 5.32 Å². The maximum atomic E-state index is 12.7. The van der Waals surface area contributed by atoms with Gasteiger partial charge in [0.05, 0.1) is 7.11 Å². The van der Waals surface area contributed by atoms with Crippen LogP contribution >= 0.6 is 11.8 Å². The molecule has 3 aliphatic heterocycles. The number of rotatable bonds is 8. The second-order valence-corrected chi connectivity index (χ2v) is 10.4. The number of fused-ring (bicyclic) bond motifs is 3. The largest absolute Gasteiger partial charge is 0.467 e. The number of esters is 1. The van der Waals surface area contributed by atoms with E-state index >= 15 is 0 Å². The molecule has 0 aromatic carbocycles. The topological polar surface area (TPSA) is 102 Å². The van der Waals surface area contributed by atoms with E-state index in [0.717, 1.165) is 12.2 Å². The minimum Gasteiger partial charge on any atom is -0.467 e. The van der Waals surface area contributed by atoms with Gasteiger partial charge in [0.15, 0.2) is 17.9 Å². The lowest BCUT2D eigenvalue weighted by molar-refractivity contribution is -0.233. The summed E-state index contributed by atoms with van der Waals surface area (Å²) in [6.45, 7) is 11.1. The van der Waals surface area contributed by atoms with Gasteiger partial charge in [0.2, 0.25) is 5.91 Å². The van der Waals surface area contributed by atoms with Crippen molar-refractivity contribution < 1.29 is 38.0 Å². The summed E-state index contributed by atoms with van der Waals surface area (Å²) in [5.41, 5.74) is 0. The summed E-state index contributed by atoms with van der Waals surface area (Å²) < 4.78 is 35.5. The van der Waals surface area contributed by atoms with Crippen molar-refractivity contribution in [1.82, 2.24) is 5.32 Å². The number of carbonyl (C=O) groups excluding carboxylic acids is 2. The third kappa shape index (κ3) is 5.72. The van der Waals surface area contributed by atoms with E-state index in [9.17, 15) is 9.59 Å². The maximum absolute atomic E-state index is 12.7. The van der Waals surface area contributed by atoms with Gasteiger partial charge in [0, 0.05) is 11.7 Å². The Hall–Kier alpha value is -0.910. The van der Waals surface area contributed by atoms with E-state index in [1.165, 1.54) is 7.11 Å². The first-order valence-corrected chi connectivity index (χ1v) is 11.9. The van der Waals surface area contributed by atoms with Crippen LogP contribution in [0.3, 0.4) is 0 Å². The lowest BCUT2D eigenvalue weighted by atomic mass is 9.95. The van der Waals surface area contributed by atoms with E-state index in [1.54, 1.807) is 18.7 Å². The number of thioether (sulfide) groups is 1. The summed E-state index contributed by atoms with van der Waals surface area (Å²) in [5, 5.41) is 2.48. The van der Waals surface area contributed by atoms with Crippen LogP contribution in [0, 0.1) is 0 Å². The molecule has 3 aliphatic rings. The van der Waals surface area contributed by atoms with Gasteiger partial charge in [0.1, 0.15) is 30.5 Å². The highest BCUT2D eigenvalue weighted by Crippen LogP contribution is 2.46. The Kier molecular flexibility index (Phi) is 7.60. The Morgan fingerprint density at radius 2 is 1.65 bits per heavy atom. The zero-order valence-corrected chi connectivity index (χ0v) is 20.2. The van der Waals surface area contributed by atoms with E-state index in [4.69, 9.17) is 28.4 Å². The molecule has 1 N–H and O–H groups in total. The molecule has 0 radical (unpaired) electrons. The van der Waals surface area contributed by atoms with Gasteiger partial charge in [-0.15, -0.1) is 0 Å². The van der Waals surface area contributed by atoms with Crippen molar-refractivity contribution in [2.45, 2.75) is 108 Å². The van der Waals surface area contributed by atoms with Gasteiger partial charge in [-0.3, -0.25) is 4.79 Å². The first-order chi connectivity index (χ1) is 14.5. The molecule has 0 aromatic heterocycles. The van der Waals surface area contributed by atoms with Crippen molar-refractivity contribution in [2.75, 3.05) is 12.9 Å². The Morgan fingerprint density at radius 3 is 2.29 bits per heavy atom. The fraction of sp³-hybridized carbons (Fsp3) is 0.905. The SMILES string of the molecule is CCCSC(CC(=O)N[C@@H](C)C(=O)OC)[C@H]1O[C@@H]2OC(C)(C)O[C@@H]2[C@H]2OC(C)(C)O[C@H]21. The summed E-state index contributed by atoms with van der Waals surface area (Å²) in [4.78, 5) is 24.4. The molecule has 0 aliphatic carbocycles. The molecule has 0 spiro atoms. The third-order valence-corrected chi connectivity index (χ3v) is 6.92. The van der Waals surface area contributed by atoms with Crippen LogP contribution in [-0.4, -0.2) is 78.3 Å². The van der Waals surface area contributed by atoms with Gasteiger partial charge in [0.25, 0.3) is 0 Å². The van der Waals surface area contributed by atoms with Gasteiger partial charge in [-0.05, 0) is 46.8 Å². The molecule has 0 bridgehead atoms. The normalized spacial score (nSPS) is 35.0. The molecular weight excluding hydrogens is 426 g/mol. The lowest BCUT2D eigenvalue weighted by Crippen LogP contribution is -2.58. The third-order valence-electron chi connectivity index (χ3n) is 5.41. The Bertz CT molecular complexity index is 672. The van der Waals surface area contributed by atoms with Crippen LogP contribution in [0.2, 0.25) is 0 Å². The van der Waals surface area contributed by atoms with Gasteiger partial charge in [-0.25, -0.2) is 4.79 Å². The standard InChI is InChI=1S/C21H35NO8S/c1-8-9-31-12(10-13(23)22-11(2)18(24)25-7)14-15-16(28-20(3,4)27-15)17-19(26-14)30-21(5,6)29-17/h11-12,14-17,19H,8-10H2,1-7H3,(H,22,23)/t11-,12?,14+,15-,16-,17+,19+/m0/s1. The molecule has 1 amide bonds. The molecule has 31 heavy (non-hydrogen) atoms. The van der Waals surface area contributed by atoms with E-state index in [0.29, 0.717) is 0 Å². The van der Waals surface area contributed by atoms with Gasteiger partial charge in [-0.1, -0.05) is 6.92 Å². The first-order valence-electron chi connectivity index (χ1n) is 10.8. The van der Waals surface area contributed by atoms with E-state index in [-0.39, 0.29) is 23.7 Å². The summed E-state index contributed by atoms with van der Waals surface area (Å²) in [7, 11) is 1.29. The number of hydrogen-bond donors (Lipinski definition) is 1. The van der Waals surface area contributed by atoms with Gasteiger partial charge in [-0.2, -0.15) is 11.8 Å². The Morgan fingerprint density at radius 1 is 1.03 bits per heavy atom. The molecule has 3 fully saturated rings. The summed E-state index contributed by atoms with van der Waals surface area (Å²) in [5.74, 6) is -1.50. The molecule has 1 unspecified atom stereocenters. The average Bonchev–Trinajstić information content (AvgIpc) is 3.17. The fourth-order valence-corrected chi connectivity index (χ4v) is 5.42. The van der Waals surface area contributed by atoms with Crippen molar-refractivity contribution in [3.8, 4) is 0 Å². The van der Waals surface area contributed by atoms with Crippen molar-refractivity contribution in [3.63, 3.8) is 0 Å². The molecule has 3 saturated heterocycles. The highest BCUT2D eigenvalue weighted by atomic mass is 32.2. The molecule has 3 heterocycles. The predicted molar refractivity (Wildman–Crippen MR) is 113 cm³/mol. The van der Waals surface area contributed by atoms with E-state index in [1.807, 2.05) is 27.7 Å². The zero-order chi connectivity index (χ0) is 23.0. The zero-order valence-electron chi connectivity index (χ0n) is 19.3. The molecule has 9 nitrogen and oxygen atoms in total. The van der Waals surface area contributed by atoms with E-state index < -0.39 is 48.2 Å². The summed E-state index contributed by atoms with van der Waals surface area (Å²) in [6, 6.07) is -0.726. The van der Waals surface area contributed by atoms with Crippen LogP contribution in [0.4, 0.5) is 0 Å². The van der Waals surface area contributed by atoms with Crippen molar-refractivity contribution in [2.24, 2.45) is 0 Å². The number of amides is 1. The predicted octanol–water partition coefficient (Wildman–Crippen LogP) is 1.96. The molecule has 3 rings (SSSR count). The second kappa shape index (κ2) is 9.52. The Labute approximate surface area is 188 Å². The number of ether oxygens (including phenoxy) is 6. The van der Waals surface area contributed by atoms with Crippen LogP contribution in [0.1, 0.15) is 54.4 Å². The molecule has 7 atom stereocenters. The minimum absolute atomic E-state index is 0.158. The lowest BCUT2D eigenvalue weighted by Gasteiger charge is -2.40. The van der Waals surface area contributed by atoms with Crippen LogP contribution in [0.25, 0.3) is 0 Å². The monoisotopic (exact) mass is 461 g/mol. The number of methoxy groups -OCH3 is 1. The minimum atomic E-state index is -0.802. The molecule has 0 aromatic rings. The van der Waals surface area contributed by atoms with Crippen LogP contribution in [-0.2, 0) is 38.0 Å². The molecule has 0 saturated carbocycles. The first kappa shape index (κ1) is 24.7. The Balaban J connectivity index is 1.79. The highest BCUT2D eigenvalue weighted by molar-refractivity contribution is 7.99. The van der Waals surface area contributed by atoms with Gasteiger partial charge >= 0.3 is 5.97 Å². The van der Waals surface area contributed by atoms with Crippen molar-refractivity contribution in [1.29, 1.82) is 0 Å². The quantitative estimate of drug-likeness (QED) is 0.544. The average molecular weight is 462 g/mol. The number of carbonyl (C=O) groups is 2. The fourth-order valence-electron chi connectivity index (χ4n) is 4.20. The van der Waals surface area contributed by atoms with Gasteiger partial charge < -0.3 is 33.7 Å². The maximum Gasteiger partial charge on any atom is 0.328 e. The van der Waals surface area contributed by atoms with E-state index in [2.05, 4.69) is 12.2 Å². The number of hydrogen-bond acceptors (Lipinski definition) is 9. The summed E-state index contributed by atoms with van der Waals surface area (Å²) >= 11 is 1.65. The number of nitrogens with one attached hydrogen (secondary N) is 1. The molecular formula is C21H35NO8S. The smallest absolute Gasteiger partial charge is 0.328 e. The van der Waals surface area contributed by atoms with Crippen LogP contribution in [0.15, 0.2) is 0 Å². The molecule has 178 valence electrons. The molecule has 10 heteroatoms. The second-order valence-electron chi connectivity index (χ2n) is 9.06. The van der Waals surface area contributed by atoms with Crippen molar-refractivity contribution >= 4 is 23.6 Å². The highest BCUT2D eigenvalue weighted by Gasteiger charge is 2.61. The summed E-state index contributed by atoms with van der Waals surface area (Å²) in [6.07, 6.45) is -1.14.